The minimum Gasteiger partial charge on any atom is -0.399 e. The molecule has 0 aliphatic heterocycles. The molecule has 0 spiro atoms. The van der Waals surface area contributed by atoms with Gasteiger partial charge >= 0.3 is 0 Å². The van der Waals surface area contributed by atoms with Crippen LogP contribution in [0.25, 0.3) is 0 Å². The fourth-order valence-corrected chi connectivity index (χ4v) is 2.43. The first-order chi connectivity index (χ1) is 8.36. The van der Waals surface area contributed by atoms with E-state index in [0.29, 0.717) is 36.7 Å². The van der Waals surface area contributed by atoms with Crippen LogP contribution in [0.5, 0.6) is 0 Å². The zero-order valence-electron chi connectivity index (χ0n) is 10.6. The molecule has 0 heterocycles. The molecular weight excluding hydrogens is 254 g/mol. The molecule has 0 radical (unpaired) electrons. The molecule has 0 saturated heterocycles. The molecule has 1 rings (SSSR count). The summed E-state index contributed by atoms with van der Waals surface area (Å²) in [6.07, 6.45) is 0. The number of nitrogens with one attached hydrogen (secondary N) is 1. The zero-order valence-corrected chi connectivity index (χ0v) is 11.4. The normalized spacial score (nSPS) is 11.5. The molecule has 102 valence electrons. The maximum Gasteiger partial charge on any atom is 0.238 e. The Kier molecular flexibility index (Phi) is 4.94. The zero-order chi connectivity index (χ0) is 13.8. The van der Waals surface area contributed by atoms with Crippen molar-refractivity contribution in [3.8, 4) is 0 Å². The average molecular weight is 273 g/mol. The van der Waals surface area contributed by atoms with Gasteiger partial charge in [-0.05, 0) is 31.5 Å². The predicted molar refractivity (Wildman–Crippen MR) is 71.9 cm³/mol. The van der Waals surface area contributed by atoms with Gasteiger partial charge in [0, 0.05) is 24.5 Å². The number of benzene rings is 1. The minimum absolute atomic E-state index is 0.0430. The number of anilines is 2. The van der Waals surface area contributed by atoms with E-state index in [4.69, 9.17) is 15.6 Å². The number of nitrogens with two attached hydrogens (primary N) is 2. The lowest BCUT2D eigenvalue weighted by molar-refractivity contribution is 0.158. The molecule has 1 aromatic carbocycles. The van der Waals surface area contributed by atoms with Crippen LogP contribution in [-0.4, -0.2) is 28.2 Å². The third-order valence-electron chi connectivity index (χ3n) is 2.45. The van der Waals surface area contributed by atoms with Gasteiger partial charge in [-0.15, -0.1) is 0 Å². The number of hydrogen-bond donors (Lipinski definition) is 3. The van der Waals surface area contributed by atoms with E-state index in [1.54, 1.807) is 13.0 Å². The summed E-state index contributed by atoms with van der Waals surface area (Å²) in [5, 5.41) is 8.21. The number of ether oxygens (including phenoxy) is 1. The summed E-state index contributed by atoms with van der Waals surface area (Å²) in [7, 11) is -3.77. The topological polar surface area (TPSA) is 107 Å². The SMILES string of the molecule is CCOCCNc1cc(N)cc(S(N)(=O)=O)c1C. The van der Waals surface area contributed by atoms with Crippen molar-refractivity contribution >= 4 is 21.4 Å². The molecule has 0 aliphatic carbocycles. The van der Waals surface area contributed by atoms with Crippen LogP contribution in [0.4, 0.5) is 11.4 Å². The molecule has 0 bridgehead atoms. The van der Waals surface area contributed by atoms with Gasteiger partial charge in [0.1, 0.15) is 0 Å². The summed E-state index contributed by atoms with van der Waals surface area (Å²) in [5.41, 5.74) is 7.22. The first-order valence-corrected chi connectivity index (χ1v) is 7.15. The Morgan fingerprint density at radius 1 is 1.39 bits per heavy atom. The van der Waals surface area contributed by atoms with Crippen molar-refractivity contribution in [3.63, 3.8) is 0 Å². The Labute approximate surface area is 107 Å². The van der Waals surface area contributed by atoms with Gasteiger partial charge in [-0.2, -0.15) is 0 Å². The second kappa shape index (κ2) is 6.03. The molecule has 0 aromatic heterocycles. The lowest BCUT2D eigenvalue weighted by Crippen LogP contribution is -2.16. The molecule has 6 nitrogen and oxygen atoms in total. The number of sulfonamides is 1. The summed E-state index contributed by atoms with van der Waals surface area (Å²) < 4.78 is 28.0. The standard InChI is InChI=1S/C11H19N3O3S/c1-3-17-5-4-14-10-6-9(12)7-11(8(10)2)18(13,15)16/h6-7,14H,3-5,12H2,1-2H3,(H2,13,15,16). The number of rotatable bonds is 6. The largest absolute Gasteiger partial charge is 0.399 e. The van der Waals surface area contributed by atoms with Crippen molar-refractivity contribution in [1.82, 2.24) is 0 Å². The van der Waals surface area contributed by atoms with Gasteiger partial charge in [0.15, 0.2) is 0 Å². The van der Waals surface area contributed by atoms with Crippen LogP contribution < -0.4 is 16.2 Å². The molecule has 0 unspecified atom stereocenters. The predicted octanol–water partition coefficient (Wildman–Crippen LogP) is 0.673. The lowest BCUT2D eigenvalue weighted by atomic mass is 10.2. The van der Waals surface area contributed by atoms with Crippen LogP contribution in [0.1, 0.15) is 12.5 Å². The molecule has 0 fully saturated rings. The van der Waals surface area contributed by atoms with Gasteiger partial charge in [0.2, 0.25) is 10.0 Å². The average Bonchev–Trinajstić information content (AvgIpc) is 2.27. The van der Waals surface area contributed by atoms with E-state index >= 15 is 0 Å². The Morgan fingerprint density at radius 2 is 2.06 bits per heavy atom. The van der Waals surface area contributed by atoms with Crippen molar-refractivity contribution in [2.45, 2.75) is 18.7 Å². The van der Waals surface area contributed by atoms with Gasteiger partial charge < -0.3 is 15.8 Å². The molecule has 18 heavy (non-hydrogen) atoms. The lowest BCUT2D eigenvalue weighted by Gasteiger charge is -2.13. The second-order valence-corrected chi connectivity index (χ2v) is 5.39. The van der Waals surface area contributed by atoms with Crippen molar-refractivity contribution in [3.05, 3.63) is 17.7 Å². The van der Waals surface area contributed by atoms with E-state index in [9.17, 15) is 8.42 Å². The first kappa shape index (κ1) is 14.7. The first-order valence-electron chi connectivity index (χ1n) is 5.60. The highest BCUT2D eigenvalue weighted by Crippen LogP contribution is 2.25. The van der Waals surface area contributed by atoms with Crippen LogP contribution in [0, 0.1) is 6.92 Å². The molecular formula is C11H19N3O3S. The fraction of sp³-hybridized carbons (Fsp3) is 0.455. The molecule has 7 heteroatoms. The Bertz CT molecular complexity index is 515. The highest BCUT2D eigenvalue weighted by atomic mass is 32.2. The van der Waals surface area contributed by atoms with Gasteiger partial charge in [-0.3, -0.25) is 0 Å². The van der Waals surface area contributed by atoms with Gasteiger partial charge in [0.25, 0.3) is 0 Å². The summed E-state index contributed by atoms with van der Waals surface area (Å²) in [4.78, 5) is 0.0430. The van der Waals surface area contributed by atoms with E-state index < -0.39 is 10.0 Å². The number of hydrogen-bond acceptors (Lipinski definition) is 5. The van der Waals surface area contributed by atoms with E-state index in [0.717, 1.165) is 0 Å². The third-order valence-corrected chi connectivity index (χ3v) is 3.49. The third kappa shape index (κ3) is 3.86. The molecule has 5 N–H and O–H groups in total. The summed E-state index contributed by atoms with van der Waals surface area (Å²) in [5.74, 6) is 0. The van der Waals surface area contributed by atoms with E-state index in [-0.39, 0.29) is 4.90 Å². The van der Waals surface area contributed by atoms with Crippen LogP contribution in [-0.2, 0) is 14.8 Å². The highest BCUT2D eigenvalue weighted by Gasteiger charge is 2.15. The number of nitrogen functional groups attached to an aromatic ring is 1. The van der Waals surface area contributed by atoms with E-state index in [1.165, 1.54) is 6.07 Å². The molecule has 0 atom stereocenters. The molecule has 0 amide bonds. The van der Waals surface area contributed by atoms with E-state index in [2.05, 4.69) is 5.32 Å². The summed E-state index contributed by atoms with van der Waals surface area (Å²) in [6, 6.07) is 3.04. The van der Waals surface area contributed by atoms with Crippen molar-refractivity contribution < 1.29 is 13.2 Å². The van der Waals surface area contributed by atoms with Crippen molar-refractivity contribution in [1.29, 1.82) is 0 Å². The highest BCUT2D eigenvalue weighted by molar-refractivity contribution is 7.89. The maximum atomic E-state index is 11.4. The Morgan fingerprint density at radius 3 is 2.61 bits per heavy atom. The van der Waals surface area contributed by atoms with Gasteiger partial charge in [-0.1, -0.05) is 0 Å². The van der Waals surface area contributed by atoms with Gasteiger partial charge in [-0.25, -0.2) is 13.6 Å². The Balaban J connectivity index is 2.96. The van der Waals surface area contributed by atoms with E-state index in [1.807, 2.05) is 6.92 Å². The summed E-state index contributed by atoms with van der Waals surface area (Å²) >= 11 is 0. The van der Waals surface area contributed by atoms with Crippen LogP contribution >= 0.6 is 0 Å². The second-order valence-electron chi connectivity index (χ2n) is 3.86. The van der Waals surface area contributed by atoms with Crippen LogP contribution in [0.2, 0.25) is 0 Å². The smallest absolute Gasteiger partial charge is 0.238 e. The fourth-order valence-electron chi connectivity index (χ4n) is 1.59. The molecule has 0 saturated carbocycles. The van der Waals surface area contributed by atoms with Gasteiger partial charge in [0.05, 0.1) is 11.5 Å². The summed E-state index contributed by atoms with van der Waals surface area (Å²) in [6.45, 7) is 5.34. The van der Waals surface area contributed by atoms with Crippen molar-refractivity contribution in [2.24, 2.45) is 5.14 Å². The maximum absolute atomic E-state index is 11.4. The molecule has 1 aromatic rings. The molecule has 0 aliphatic rings. The van der Waals surface area contributed by atoms with Crippen molar-refractivity contribution in [2.75, 3.05) is 30.8 Å². The number of primary sulfonamides is 1. The quantitative estimate of drug-likeness (QED) is 0.521. The van der Waals surface area contributed by atoms with Crippen LogP contribution in [0.3, 0.4) is 0 Å². The monoisotopic (exact) mass is 273 g/mol. The Hall–Kier alpha value is -1.31. The minimum atomic E-state index is -3.77. The van der Waals surface area contributed by atoms with Crippen LogP contribution in [0.15, 0.2) is 17.0 Å².